The molecule has 0 bridgehead atoms. The van der Waals surface area contributed by atoms with E-state index in [0.29, 0.717) is 17.4 Å². The highest BCUT2D eigenvalue weighted by molar-refractivity contribution is 6.58. The van der Waals surface area contributed by atoms with Crippen molar-refractivity contribution < 1.29 is 20.3 Å². The fourth-order valence-corrected chi connectivity index (χ4v) is 1.77. The molecule has 0 saturated heterocycles. The Bertz CT molecular complexity index is 343. The van der Waals surface area contributed by atoms with Gasteiger partial charge >= 0.3 is 7.12 Å². The summed E-state index contributed by atoms with van der Waals surface area (Å²) in [5, 5.41) is 37.5. The van der Waals surface area contributed by atoms with Gasteiger partial charge in [-0.2, -0.15) is 0 Å². The zero-order valence-electron chi connectivity index (χ0n) is 9.95. The zero-order valence-corrected chi connectivity index (χ0v) is 9.95. The summed E-state index contributed by atoms with van der Waals surface area (Å²) in [6.07, 6.45) is 0.467. The third-order valence-electron chi connectivity index (χ3n) is 2.71. The number of hydrogen-bond acceptors (Lipinski definition) is 4. The van der Waals surface area contributed by atoms with Gasteiger partial charge in [-0.3, -0.25) is 0 Å². The quantitative estimate of drug-likeness (QED) is 0.524. The Morgan fingerprint density at radius 2 is 1.94 bits per heavy atom. The van der Waals surface area contributed by atoms with Crippen molar-refractivity contribution in [2.75, 3.05) is 0 Å². The van der Waals surface area contributed by atoms with E-state index in [2.05, 4.69) is 0 Å². The third-order valence-corrected chi connectivity index (χ3v) is 2.71. The number of rotatable bonds is 6. The molecule has 1 aromatic rings. The zero-order chi connectivity index (χ0) is 12.8. The van der Waals surface area contributed by atoms with Crippen LogP contribution in [0.2, 0.25) is 0 Å². The van der Waals surface area contributed by atoms with Gasteiger partial charge in [-0.15, -0.1) is 0 Å². The van der Waals surface area contributed by atoms with Crippen molar-refractivity contribution in [3.05, 3.63) is 29.8 Å². The predicted molar refractivity (Wildman–Crippen MR) is 66.8 cm³/mol. The highest BCUT2D eigenvalue weighted by atomic mass is 16.4. The molecule has 0 fully saturated rings. The fourth-order valence-electron chi connectivity index (χ4n) is 1.77. The van der Waals surface area contributed by atoms with Crippen LogP contribution in [-0.2, 0) is 0 Å². The molecule has 0 spiro atoms. The Morgan fingerprint density at radius 1 is 1.24 bits per heavy atom. The Hall–Kier alpha value is -0.875. The number of aliphatic hydroxyl groups excluding tert-OH is 2. The minimum Gasteiger partial charge on any atom is -0.423 e. The Morgan fingerprint density at radius 3 is 2.53 bits per heavy atom. The number of aliphatic hydroxyl groups is 2. The lowest BCUT2D eigenvalue weighted by Crippen LogP contribution is -2.30. The van der Waals surface area contributed by atoms with Crippen LogP contribution in [0.15, 0.2) is 24.3 Å². The van der Waals surface area contributed by atoms with Gasteiger partial charge in [0.15, 0.2) is 0 Å². The molecule has 17 heavy (non-hydrogen) atoms. The Kier molecular flexibility index (Phi) is 5.64. The monoisotopic (exact) mass is 238 g/mol. The molecule has 4 N–H and O–H groups in total. The second-order valence-electron chi connectivity index (χ2n) is 4.24. The smallest absolute Gasteiger partial charge is 0.423 e. The summed E-state index contributed by atoms with van der Waals surface area (Å²) in [7, 11) is -1.54. The summed E-state index contributed by atoms with van der Waals surface area (Å²) in [6, 6.07) is 6.46. The number of benzene rings is 1. The molecule has 2 atom stereocenters. The molecule has 4 nitrogen and oxygen atoms in total. The molecule has 0 saturated carbocycles. The average Bonchev–Trinajstić information content (AvgIpc) is 2.29. The van der Waals surface area contributed by atoms with Crippen LogP contribution in [0, 0.1) is 0 Å². The molecule has 0 amide bonds. The third kappa shape index (κ3) is 4.48. The molecular weight excluding hydrogens is 219 g/mol. The van der Waals surface area contributed by atoms with Gasteiger partial charge in [0.05, 0.1) is 12.2 Å². The van der Waals surface area contributed by atoms with Crippen molar-refractivity contribution in [3.8, 4) is 0 Å². The molecule has 0 aliphatic heterocycles. The largest absolute Gasteiger partial charge is 0.488 e. The molecule has 2 unspecified atom stereocenters. The summed E-state index contributed by atoms with van der Waals surface area (Å²) < 4.78 is 0. The van der Waals surface area contributed by atoms with E-state index in [1.54, 1.807) is 18.2 Å². The van der Waals surface area contributed by atoms with Crippen molar-refractivity contribution >= 4 is 12.6 Å². The van der Waals surface area contributed by atoms with Crippen LogP contribution in [0.3, 0.4) is 0 Å². The molecule has 5 heteroatoms. The topological polar surface area (TPSA) is 80.9 Å². The maximum atomic E-state index is 9.90. The van der Waals surface area contributed by atoms with Gasteiger partial charge in [0.1, 0.15) is 0 Å². The van der Waals surface area contributed by atoms with E-state index in [9.17, 15) is 10.2 Å². The van der Waals surface area contributed by atoms with Gasteiger partial charge in [-0.1, -0.05) is 37.6 Å². The van der Waals surface area contributed by atoms with Gasteiger partial charge in [0.2, 0.25) is 0 Å². The van der Waals surface area contributed by atoms with E-state index < -0.39 is 19.3 Å². The van der Waals surface area contributed by atoms with Crippen molar-refractivity contribution in [3.63, 3.8) is 0 Å². The van der Waals surface area contributed by atoms with Crippen molar-refractivity contribution in [1.29, 1.82) is 0 Å². The van der Waals surface area contributed by atoms with E-state index in [0.717, 1.165) is 6.42 Å². The van der Waals surface area contributed by atoms with E-state index in [4.69, 9.17) is 10.0 Å². The molecular formula is C12H19BO4. The van der Waals surface area contributed by atoms with Gasteiger partial charge in [0, 0.05) is 6.42 Å². The van der Waals surface area contributed by atoms with Gasteiger partial charge in [-0.05, 0) is 17.4 Å². The highest BCUT2D eigenvalue weighted by Gasteiger charge is 2.16. The maximum absolute atomic E-state index is 9.90. The lowest BCUT2D eigenvalue weighted by atomic mass is 9.79. The first kappa shape index (κ1) is 14.2. The maximum Gasteiger partial charge on any atom is 0.488 e. The molecule has 1 aromatic carbocycles. The van der Waals surface area contributed by atoms with Gasteiger partial charge in [-0.25, -0.2) is 0 Å². The Labute approximate surface area is 102 Å². The summed E-state index contributed by atoms with van der Waals surface area (Å²) in [5.74, 6) is 0. The minimum atomic E-state index is -1.54. The first-order valence-electron chi connectivity index (χ1n) is 5.86. The van der Waals surface area contributed by atoms with Crippen molar-refractivity contribution in [2.24, 2.45) is 0 Å². The fraction of sp³-hybridized carbons (Fsp3) is 0.500. The van der Waals surface area contributed by atoms with Crippen LogP contribution in [0.5, 0.6) is 0 Å². The standard InChI is InChI=1S/C12H19BO4/c1-2-4-11(14)8-12(15)9-5-3-6-10(7-9)13(16)17/h3,5-7,11-12,14-17H,2,4,8H2,1H3. The second-order valence-corrected chi connectivity index (χ2v) is 4.24. The predicted octanol–water partition coefficient (Wildman–Crippen LogP) is -0.0491. The summed E-state index contributed by atoms with van der Waals surface area (Å²) in [6.45, 7) is 1.97. The summed E-state index contributed by atoms with van der Waals surface area (Å²) in [5.41, 5.74) is 0.928. The first-order valence-corrected chi connectivity index (χ1v) is 5.86. The normalized spacial score (nSPS) is 14.4. The molecule has 0 aliphatic carbocycles. The molecule has 0 aliphatic rings. The van der Waals surface area contributed by atoms with Crippen LogP contribution in [-0.4, -0.2) is 33.5 Å². The highest BCUT2D eigenvalue weighted by Crippen LogP contribution is 2.19. The van der Waals surface area contributed by atoms with E-state index >= 15 is 0 Å². The minimum absolute atomic E-state index is 0.263. The lowest BCUT2D eigenvalue weighted by Gasteiger charge is -2.16. The summed E-state index contributed by atoms with van der Waals surface area (Å²) in [4.78, 5) is 0. The molecule has 1 rings (SSSR count). The average molecular weight is 238 g/mol. The second kappa shape index (κ2) is 6.76. The van der Waals surface area contributed by atoms with E-state index in [1.807, 2.05) is 6.92 Å². The van der Waals surface area contributed by atoms with Crippen LogP contribution >= 0.6 is 0 Å². The molecule has 0 radical (unpaired) electrons. The SMILES string of the molecule is CCCC(O)CC(O)c1cccc(B(O)O)c1. The van der Waals surface area contributed by atoms with Crippen molar-refractivity contribution in [1.82, 2.24) is 0 Å². The lowest BCUT2D eigenvalue weighted by molar-refractivity contribution is 0.0751. The molecule has 0 heterocycles. The summed E-state index contributed by atoms with van der Waals surface area (Å²) >= 11 is 0. The van der Waals surface area contributed by atoms with Gasteiger partial charge < -0.3 is 20.3 Å². The van der Waals surface area contributed by atoms with E-state index in [-0.39, 0.29) is 6.42 Å². The van der Waals surface area contributed by atoms with Crippen LogP contribution in [0.1, 0.15) is 37.9 Å². The van der Waals surface area contributed by atoms with Crippen LogP contribution in [0.25, 0.3) is 0 Å². The molecule has 94 valence electrons. The van der Waals surface area contributed by atoms with E-state index in [1.165, 1.54) is 6.07 Å². The van der Waals surface area contributed by atoms with Crippen molar-refractivity contribution in [2.45, 2.75) is 38.4 Å². The number of hydrogen-bond donors (Lipinski definition) is 4. The molecule has 0 aromatic heterocycles. The Balaban J connectivity index is 2.68. The first-order chi connectivity index (χ1) is 8.04. The van der Waals surface area contributed by atoms with Gasteiger partial charge in [0.25, 0.3) is 0 Å². The van der Waals surface area contributed by atoms with Crippen LogP contribution < -0.4 is 5.46 Å². The van der Waals surface area contributed by atoms with Crippen LogP contribution in [0.4, 0.5) is 0 Å².